The lowest BCUT2D eigenvalue weighted by molar-refractivity contribution is -0.116. The second-order valence-corrected chi connectivity index (χ2v) is 7.95. The number of allylic oxidation sites excluding steroid dienone is 1. The molecule has 6 nitrogen and oxygen atoms in total. The Balaban J connectivity index is 2.21. The van der Waals surface area contributed by atoms with Crippen molar-refractivity contribution in [2.24, 2.45) is 16.8 Å². The summed E-state index contributed by atoms with van der Waals surface area (Å²) in [6.07, 6.45) is 2.07. The average molecular weight is 439 g/mol. The van der Waals surface area contributed by atoms with E-state index in [0.29, 0.717) is 6.54 Å². The topological polar surface area (TPSA) is 102 Å². The smallest absolute Gasteiger partial charge is 0.236 e. The predicted molar refractivity (Wildman–Crippen MR) is 131 cm³/mol. The minimum Gasteiger partial charge on any atom is -0.495 e. The number of hydrogen-bond donors (Lipinski definition) is 4. The molecule has 0 radical (unpaired) electrons. The summed E-state index contributed by atoms with van der Waals surface area (Å²) >= 11 is 1.18. The molecule has 0 aliphatic heterocycles. The molecule has 0 spiro atoms. The van der Waals surface area contributed by atoms with E-state index < -0.39 is 5.91 Å². The van der Waals surface area contributed by atoms with Crippen molar-refractivity contribution in [3.05, 3.63) is 53.1 Å². The zero-order chi connectivity index (χ0) is 22.8. The van der Waals surface area contributed by atoms with Gasteiger partial charge in [-0.05, 0) is 60.7 Å². The summed E-state index contributed by atoms with van der Waals surface area (Å²) in [5.74, 6) is 7.04. The molecule has 1 amide bonds. The van der Waals surface area contributed by atoms with Crippen LogP contribution in [0.5, 0.6) is 5.75 Å². The number of primary amides is 1. The van der Waals surface area contributed by atoms with E-state index in [1.807, 2.05) is 43.3 Å². The molecule has 0 fully saturated rings. The molecule has 2 aromatic carbocycles. The van der Waals surface area contributed by atoms with Gasteiger partial charge in [-0.3, -0.25) is 9.93 Å². The predicted octanol–water partition coefficient (Wildman–Crippen LogP) is 4.02. The van der Waals surface area contributed by atoms with Crippen LogP contribution in [0.4, 0.5) is 11.4 Å². The van der Waals surface area contributed by atoms with Crippen LogP contribution >= 0.6 is 11.9 Å². The minimum absolute atomic E-state index is 0.0835. The Morgan fingerprint density at radius 3 is 2.65 bits per heavy atom. The molecule has 0 bridgehead atoms. The molecule has 2 rings (SSSR count). The molecule has 7 heteroatoms. The second-order valence-electron chi connectivity index (χ2n) is 7.25. The third-order valence-corrected chi connectivity index (χ3v) is 5.13. The Kier molecular flexibility index (Phi) is 9.32. The highest BCUT2D eigenvalue weighted by atomic mass is 32.2. The number of amides is 1. The van der Waals surface area contributed by atoms with Gasteiger partial charge in [0.25, 0.3) is 0 Å². The van der Waals surface area contributed by atoms with Crippen LogP contribution in [0, 0.1) is 24.7 Å². The van der Waals surface area contributed by atoms with Crippen molar-refractivity contribution in [1.82, 2.24) is 0 Å². The van der Waals surface area contributed by atoms with Crippen molar-refractivity contribution in [1.29, 1.82) is 0 Å². The summed E-state index contributed by atoms with van der Waals surface area (Å²) in [7, 11) is 1.63. The van der Waals surface area contributed by atoms with E-state index in [2.05, 4.69) is 42.4 Å². The first-order valence-electron chi connectivity index (χ1n) is 9.96. The van der Waals surface area contributed by atoms with Gasteiger partial charge in [-0.25, -0.2) is 0 Å². The van der Waals surface area contributed by atoms with E-state index in [1.165, 1.54) is 11.9 Å². The largest absolute Gasteiger partial charge is 0.495 e. The van der Waals surface area contributed by atoms with Crippen molar-refractivity contribution in [2.75, 3.05) is 30.8 Å². The normalized spacial score (nSPS) is 11.0. The second kappa shape index (κ2) is 11.9. The third-order valence-electron chi connectivity index (χ3n) is 4.61. The van der Waals surface area contributed by atoms with Crippen molar-refractivity contribution in [3.8, 4) is 17.6 Å². The molecular weight excluding hydrogens is 408 g/mol. The quantitative estimate of drug-likeness (QED) is 0.348. The van der Waals surface area contributed by atoms with Crippen LogP contribution in [0.1, 0.15) is 25.0 Å². The van der Waals surface area contributed by atoms with Crippen molar-refractivity contribution >= 4 is 35.3 Å². The number of hydrogen-bond acceptors (Lipinski definition) is 6. The number of carbonyl (C=O) groups excluding carboxylic acids is 1. The molecule has 0 heterocycles. The number of carbonyl (C=O) groups is 1. The maximum Gasteiger partial charge on any atom is 0.236 e. The molecule has 0 unspecified atom stereocenters. The highest BCUT2D eigenvalue weighted by Gasteiger charge is 2.08. The highest BCUT2D eigenvalue weighted by Crippen LogP contribution is 2.28. The number of benzene rings is 2. The van der Waals surface area contributed by atoms with E-state index in [1.54, 1.807) is 7.11 Å². The fraction of sp³-hybridized carbons (Fsp3) is 0.292. The van der Waals surface area contributed by atoms with Gasteiger partial charge in [-0.1, -0.05) is 37.8 Å². The number of ether oxygens (including phenoxy) is 1. The van der Waals surface area contributed by atoms with Crippen molar-refractivity contribution in [2.45, 2.75) is 25.7 Å². The first kappa shape index (κ1) is 24.2. The molecule has 31 heavy (non-hydrogen) atoms. The number of nitrogens with two attached hydrogens (primary N) is 2. The number of rotatable bonds is 9. The zero-order valence-electron chi connectivity index (χ0n) is 18.4. The Bertz CT molecular complexity index is 1010. The summed E-state index contributed by atoms with van der Waals surface area (Å²) in [6, 6.07) is 11.7. The van der Waals surface area contributed by atoms with Crippen molar-refractivity contribution in [3.63, 3.8) is 0 Å². The van der Waals surface area contributed by atoms with E-state index >= 15 is 0 Å². The van der Waals surface area contributed by atoms with Gasteiger partial charge in [-0.2, -0.15) is 0 Å². The minimum atomic E-state index is -0.403. The van der Waals surface area contributed by atoms with Gasteiger partial charge >= 0.3 is 0 Å². The third kappa shape index (κ3) is 7.28. The van der Waals surface area contributed by atoms with Crippen LogP contribution in [-0.2, 0) is 4.79 Å². The van der Waals surface area contributed by atoms with E-state index in [-0.39, 0.29) is 12.5 Å². The van der Waals surface area contributed by atoms with Crippen LogP contribution in [-0.4, -0.2) is 26.1 Å². The number of aryl methyl sites for hydroxylation is 1. The average Bonchev–Trinajstić information content (AvgIpc) is 2.75. The first-order chi connectivity index (χ1) is 14.8. The Labute approximate surface area is 188 Å². The van der Waals surface area contributed by atoms with Gasteiger partial charge < -0.3 is 21.1 Å². The number of nitrogens with one attached hydrogen (secondary N) is 2. The standard InChI is InChI=1S/C24H30N4O2S/c1-16(2)18(13-20-17(3)7-5-9-21(20)28-15-24(25)29)8-6-12-27-22-11-10-19(31-26)14-23(22)30-4/h5,7,9-11,13-14,16,27-28H,12,15,26H2,1-4H3,(H2,25,29)/b18-13-. The molecule has 164 valence electrons. The van der Waals surface area contributed by atoms with Gasteiger partial charge in [0.2, 0.25) is 5.91 Å². The molecular formula is C24H30N4O2S. The molecule has 2 aromatic rings. The Hall–Kier alpha value is -3.08. The fourth-order valence-electron chi connectivity index (χ4n) is 2.89. The van der Waals surface area contributed by atoms with Gasteiger partial charge in [0.05, 0.1) is 25.9 Å². The van der Waals surface area contributed by atoms with Crippen LogP contribution < -0.4 is 26.2 Å². The summed E-state index contributed by atoms with van der Waals surface area (Å²) in [6.45, 7) is 6.80. The molecule has 0 saturated carbocycles. The van der Waals surface area contributed by atoms with Gasteiger partial charge in [0.15, 0.2) is 0 Å². The maximum atomic E-state index is 11.2. The maximum absolute atomic E-state index is 11.2. The summed E-state index contributed by atoms with van der Waals surface area (Å²) in [5.41, 5.74) is 10.1. The summed E-state index contributed by atoms with van der Waals surface area (Å²) in [5, 5.41) is 12.0. The molecule has 0 aromatic heterocycles. The van der Waals surface area contributed by atoms with Crippen LogP contribution in [0.15, 0.2) is 46.9 Å². The number of anilines is 2. The van der Waals surface area contributed by atoms with E-state index in [4.69, 9.17) is 15.6 Å². The lowest BCUT2D eigenvalue weighted by atomic mass is 9.97. The van der Waals surface area contributed by atoms with Crippen molar-refractivity contribution < 1.29 is 9.53 Å². The molecule has 0 atom stereocenters. The molecule has 6 N–H and O–H groups in total. The fourth-order valence-corrected chi connectivity index (χ4v) is 3.21. The van der Waals surface area contributed by atoms with Crippen LogP contribution in [0.25, 0.3) is 6.08 Å². The van der Waals surface area contributed by atoms with Gasteiger partial charge in [-0.15, -0.1) is 0 Å². The SMILES string of the molecule is COc1cc(SN)ccc1NCC#C/C(=C/c1c(C)cccc1NCC(N)=O)C(C)C. The lowest BCUT2D eigenvalue weighted by Gasteiger charge is -2.13. The number of methoxy groups -OCH3 is 1. The van der Waals surface area contributed by atoms with Crippen LogP contribution in [0.2, 0.25) is 0 Å². The zero-order valence-corrected chi connectivity index (χ0v) is 19.2. The Morgan fingerprint density at radius 1 is 1.23 bits per heavy atom. The lowest BCUT2D eigenvalue weighted by Crippen LogP contribution is -2.22. The van der Waals surface area contributed by atoms with Gasteiger partial charge in [0.1, 0.15) is 5.75 Å². The molecule has 0 saturated heterocycles. The Morgan fingerprint density at radius 2 is 2.00 bits per heavy atom. The first-order valence-corrected chi connectivity index (χ1v) is 10.8. The van der Waals surface area contributed by atoms with E-state index in [9.17, 15) is 4.79 Å². The van der Waals surface area contributed by atoms with Crippen LogP contribution in [0.3, 0.4) is 0 Å². The summed E-state index contributed by atoms with van der Waals surface area (Å²) in [4.78, 5) is 12.1. The molecule has 0 aliphatic rings. The van der Waals surface area contributed by atoms with E-state index in [0.717, 1.165) is 38.7 Å². The highest BCUT2D eigenvalue weighted by molar-refractivity contribution is 7.97. The van der Waals surface area contributed by atoms with Gasteiger partial charge in [0, 0.05) is 21.7 Å². The molecule has 0 aliphatic carbocycles. The summed E-state index contributed by atoms with van der Waals surface area (Å²) < 4.78 is 5.42. The monoisotopic (exact) mass is 438 g/mol.